The first kappa shape index (κ1) is 20.8. The molecule has 0 saturated heterocycles. The number of pyridine rings is 1. The van der Waals surface area contributed by atoms with Gasteiger partial charge < -0.3 is 4.42 Å². The quantitative estimate of drug-likeness (QED) is 0.299. The van der Waals surface area contributed by atoms with Crippen LogP contribution in [-0.4, -0.2) is 20.4 Å². The van der Waals surface area contributed by atoms with E-state index in [-0.39, 0.29) is 5.91 Å². The van der Waals surface area contributed by atoms with Crippen LogP contribution in [0.5, 0.6) is 0 Å². The maximum atomic E-state index is 12.8. The molecule has 0 radical (unpaired) electrons. The van der Waals surface area contributed by atoms with Crippen molar-refractivity contribution in [3.63, 3.8) is 0 Å². The largest absolute Gasteiger partial charge is 0.468 e. The van der Waals surface area contributed by atoms with Crippen LogP contribution in [0.15, 0.2) is 69.4 Å². The zero-order valence-corrected chi connectivity index (χ0v) is 18.6. The van der Waals surface area contributed by atoms with E-state index in [1.54, 1.807) is 34.4 Å². The molecule has 0 saturated carbocycles. The molecule has 0 amide bonds. The van der Waals surface area contributed by atoms with Crippen molar-refractivity contribution >= 4 is 40.5 Å². The van der Waals surface area contributed by atoms with Crippen LogP contribution >= 0.6 is 23.5 Å². The van der Waals surface area contributed by atoms with Gasteiger partial charge in [0.25, 0.3) is 0 Å². The number of para-hydroxylation sites is 2. The van der Waals surface area contributed by atoms with Gasteiger partial charge in [-0.1, -0.05) is 30.8 Å². The molecule has 3 aromatic heterocycles. The predicted molar refractivity (Wildman–Crippen MR) is 122 cm³/mol. The summed E-state index contributed by atoms with van der Waals surface area (Å²) in [6.07, 6.45) is 4.86. The van der Waals surface area contributed by atoms with Gasteiger partial charge in [0.1, 0.15) is 5.76 Å². The van der Waals surface area contributed by atoms with Gasteiger partial charge in [0.05, 0.1) is 28.7 Å². The summed E-state index contributed by atoms with van der Waals surface area (Å²) in [7, 11) is 0. The van der Waals surface area contributed by atoms with Crippen LogP contribution in [0.25, 0.3) is 11.0 Å². The number of furan rings is 1. The van der Waals surface area contributed by atoms with Gasteiger partial charge in [0.2, 0.25) is 5.91 Å². The molecule has 4 aromatic rings. The Morgan fingerprint density at radius 1 is 1.10 bits per heavy atom. The Bertz CT molecular complexity index is 1150. The minimum Gasteiger partial charge on any atom is -0.468 e. The molecule has 0 bridgehead atoms. The maximum Gasteiger partial charge on any atom is 0.233 e. The van der Waals surface area contributed by atoms with Crippen molar-refractivity contribution in [1.29, 1.82) is 0 Å². The molecule has 0 N–H and O–H groups in total. The number of fused-ring (bicyclic) bond motifs is 1. The van der Waals surface area contributed by atoms with Crippen LogP contribution in [0.4, 0.5) is 0 Å². The van der Waals surface area contributed by atoms with Gasteiger partial charge >= 0.3 is 0 Å². The van der Waals surface area contributed by atoms with Crippen LogP contribution in [0.2, 0.25) is 0 Å². The van der Waals surface area contributed by atoms with Gasteiger partial charge in [-0.2, -0.15) is 0 Å². The minimum atomic E-state index is 0.0844. The average Bonchev–Trinajstić information content (AvgIpc) is 3.39. The van der Waals surface area contributed by atoms with Gasteiger partial charge in [-0.05, 0) is 49.2 Å². The SMILES string of the molecule is CCCC(=O)n1c(SCc2nccc(SCc3ccco3)c2C)nc2ccccc21. The van der Waals surface area contributed by atoms with E-state index in [0.717, 1.165) is 45.4 Å². The molecule has 0 atom stereocenters. The molecule has 0 aliphatic heterocycles. The smallest absolute Gasteiger partial charge is 0.233 e. The maximum absolute atomic E-state index is 12.8. The number of hydrogen-bond acceptors (Lipinski definition) is 6. The first-order valence-corrected chi connectivity index (χ1v) is 11.9. The number of imidazole rings is 1. The van der Waals surface area contributed by atoms with Crippen molar-refractivity contribution in [3.8, 4) is 0 Å². The molecule has 7 heteroatoms. The van der Waals surface area contributed by atoms with E-state index in [1.807, 2.05) is 55.6 Å². The van der Waals surface area contributed by atoms with Gasteiger partial charge in [-0.25, -0.2) is 4.98 Å². The molecular weight excluding hydrogens is 414 g/mol. The first-order chi connectivity index (χ1) is 14.7. The Labute approximate surface area is 184 Å². The fourth-order valence-corrected chi connectivity index (χ4v) is 5.21. The van der Waals surface area contributed by atoms with Crippen molar-refractivity contribution in [3.05, 3.63) is 71.9 Å². The lowest BCUT2D eigenvalue weighted by atomic mass is 10.2. The number of hydrogen-bond donors (Lipinski definition) is 0. The second kappa shape index (κ2) is 9.53. The zero-order valence-electron chi connectivity index (χ0n) is 17.0. The molecule has 5 nitrogen and oxygen atoms in total. The fraction of sp³-hybridized carbons (Fsp3) is 0.261. The molecule has 0 unspecified atom stereocenters. The predicted octanol–water partition coefficient (Wildman–Crippen LogP) is 6.36. The number of thioether (sulfide) groups is 2. The van der Waals surface area contributed by atoms with E-state index in [0.29, 0.717) is 12.2 Å². The summed E-state index contributed by atoms with van der Waals surface area (Å²) in [5, 5.41) is 0.726. The highest BCUT2D eigenvalue weighted by Crippen LogP contribution is 2.31. The van der Waals surface area contributed by atoms with Crippen molar-refractivity contribution < 1.29 is 9.21 Å². The van der Waals surface area contributed by atoms with Crippen LogP contribution in [-0.2, 0) is 11.5 Å². The minimum absolute atomic E-state index is 0.0844. The standard InChI is InChI=1S/C23H23N3O2S2/c1-3-7-22(27)26-20-10-5-4-9-18(20)25-23(26)30-15-19-16(2)21(11-12-24-19)29-14-17-8-6-13-28-17/h4-6,8-13H,3,7,14-15H2,1-2H3. The van der Waals surface area contributed by atoms with E-state index < -0.39 is 0 Å². The summed E-state index contributed by atoms with van der Waals surface area (Å²) >= 11 is 3.30. The van der Waals surface area contributed by atoms with Crippen molar-refractivity contribution in [2.24, 2.45) is 0 Å². The summed E-state index contributed by atoms with van der Waals surface area (Å²) in [6, 6.07) is 13.7. The summed E-state index contributed by atoms with van der Waals surface area (Å²) < 4.78 is 7.19. The number of benzene rings is 1. The summed E-state index contributed by atoms with van der Waals surface area (Å²) in [6.45, 7) is 4.11. The molecule has 1 aromatic carbocycles. The Balaban J connectivity index is 1.55. The average molecular weight is 438 g/mol. The first-order valence-electron chi connectivity index (χ1n) is 9.90. The Hall–Kier alpha value is -2.51. The summed E-state index contributed by atoms with van der Waals surface area (Å²) in [5.74, 6) is 2.48. The molecule has 30 heavy (non-hydrogen) atoms. The van der Waals surface area contributed by atoms with E-state index in [9.17, 15) is 4.79 Å². The van der Waals surface area contributed by atoms with Crippen LogP contribution in [0, 0.1) is 6.92 Å². The lowest BCUT2D eigenvalue weighted by molar-refractivity contribution is 0.0896. The number of rotatable bonds is 8. The summed E-state index contributed by atoms with van der Waals surface area (Å²) in [4.78, 5) is 23.2. The molecule has 3 heterocycles. The Morgan fingerprint density at radius 2 is 1.97 bits per heavy atom. The van der Waals surface area contributed by atoms with E-state index in [2.05, 4.69) is 11.9 Å². The number of carbonyl (C=O) groups is 1. The lowest BCUT2D eigenvalue weighted by Crippen LogP contribution is -2.11. The van der Waals surface area contributed by atoms with E-state index in [4.69, 9.17) is 9.40 Å². The highest BCUT2D eigenvalue weighted by Gasteiger charge is 2.17. The second-order valence-corrected chi connectivity index (χ2v) is 8.86. The normalized spacial score (nSPS) is 11.3. The third kappa shape index (κ3) is 4.47. The van der Waals surface area contributed by atoms with E-state index in [1.165, 1.54) is 4.90 Å². The second-order valence-electron chi connectivity index (χ2n) is 6.90. The van der Waals surface area contributed by atoms with Crippen molar-refractivity contribution in [2.45, 2.75) is 48.2 Å². The molecule has 4 rings (SSSR count). The topological polar surface area (TPSA) is 60.9 Å². The van der Waals surface area contributed by atoms with Gasteiger partial charge in [-0.15, -0.1) is 11.8 Å². The molecule has 0 spiro atoms. The molecule has 0 fully saturated rings. The zero-order chi connectivity index (χ0) is 20.9. The van der Waals surface area contributed by atoms with Crippen molar-refractivity contribution in [2.75, 3.05) is 0 Å². The van der Waals surface area contributed by atoms with Gasteiger partial charge in [0, 0.05) is 23.3 Å². The number of aromatic nitrogens is 3. The van der Waals surface area contributed by atoms with Crippen LogP contribution in [0.3, 0.4) is 0 Å². The highest BCUT2D eigenvalue weighted by molar-refractivity contribution is 7.98. The monoisotopic (exact) mass is 437 g/mol. The van der Waals surface area contributed by atoms with Gasteiger partial charge in [0.15, 0.2) is 5.16 Å². The molecule has 154 valence electrons. The van der Waals surface area contributed by atoms with Crippen LogP contribution < -0.4 is 0 Å². The highest BCUT2D eigenvalue weighted by atomic mass is 32.2. The third-order valence-electron chi connectivity index (χ3n) is 4.79. The lowest BCUT2D eigenvalue weighted by Gasteiger charge is -2.10. The molecular formula is C23H23N3O2S2. The fourth-order valence-electron chi connectivity index (χ4n) is 3.20. The van der Waals surface area contributed by atoms with E-state index >= 15 is 0 Å². The number of carbonyl (C=O) groups excluding carboxylic acids is 1. The third-order valence-corrected chi connectivity index (χ3v) is 6.92. The van der Waals surface area contributed by atoms with Crippen LogP contribution in [0.1, 0.15) is 41.6 Å². The molecule has 0 aliphatic rings. The molecule has 0 aliphatic carbocycles. The van der Waals surface area contributed by atoms with Crippen molar-refractivity contribution in [1.82, 2.24) is 14.5 Å². The summed E-state index contributed by atoms with van der Waals surface area (Å²) in [5.41, 5.74) is 3.87. The Kier molecular flexibility index (Phi) is 6.59. The van der Waals surface area contributed by atoms with Gasteiger partial charge in [-0.3, -0.25) is 14.3 Å². The Morgan fingerprint density at radius 3 is 2.77 bits per heavy atom. The number of nitrogens with zero attached hydrogens (tertiary/aromatic N) is 3.